The van der Waals surface area contributed by atoms with Crippen molar-refractivity contribution in [2.24, 2.45) is 0 Å². The van der Waals surface area contributed by atoms with Gasteiger partial charge < -0.3 is 4.74 Å². The lowest BCUT2D eigenvalue weighted by Gasteiger charge is -2.30. The summed E-state index contributed by atoms with van der Waals surface area (Å²) >= 11 is 0. The molecule has 0 bridgehead atoms. The Labute approximate surface area is 217 Å². The van der Waals surface area contributed by atoms with E-state index in [0.717, 1.165) is 53.0 Å². The van der Waals surface area contributed by atoms with Gasteiger partial charge in [-0.25, -0.2) is 4.79 Å². The normalized spacial score (nSPS) is 14.1. The van der Waals surface area contributed by atoms with Crippen LogP contribution < -0.4 is 4.90 Å². The predicted molar refractivity (Wildman–Crippen MR) is 146 cm³/mol. The summed E-state index contributed by atoms with van der Waals surface area (Å²) in [7, 11) is 0. The largest absolute Gasteiger partial charge is 0.449 e. The zero-order chi connectivity index (χ0) is 25.8. The van der Waals surface area contributed by atoms with Gasteiger partial charge in [0.25, 0.3) is 5.91 Å². The van der Waals surface area contributed by atoms with Crippen LogP contribution in [0.5, 0.6) is 0 Å². The number of carbonyl (C=O) groups excluding carboxylic acids is 2. The molecule has 1 aliphatic heterocycles. The van der Waals surface area contributed by atoms with E-state index >= 15 is 0 Å². The SMILES string of the molecule is CCC(OC(=O)c1c2c(nc3ccccc13)CCN(CC)C2)C(=O)N(c1ccccc1)c1ccccc1. The third-order valence-corrected chi connectivity index (χ3v) is 6.92. The average Bonchev–Trinajstić information content (AvgIpc) is 2.95. The lowest BCUT2D eigenvalue weighted by Crippen LogP contribution is -2.39. The summed E-state index contributed by atoms with van der Waals surface area (Å²) in [5.41, 5.74) is 4.58. The maximum atomic E-state index is 13.9. The molecular formula is C31H31N3O3. The number of fused-ring (bicyclic) bond motifs is 2. The molecule has 4 aromatic rings. The van der Waals surface area contributed by atoms with Crippen molar-refractivity contribution in [1.29, 1.82) is 0 Å². The number of para-hydroxylation sites is 3. The quantitative estimate of drug-likeness (QED) is 0.299. The topological polar surface area (TPSA) is 62.7 Å². The van der Waals surface area contributed by atoms with Crippen LogP contribution in [-0.2, 0) is 22.5 Å². The van der Waals surface area contributed by atoms with Crippen LogP contribution in [0.25, 0.3) is 10.9 Å². The number of carbonyl (C=O) groups is 2. The molecule has 0 aliphatic carbocycles. The minimum Gasteiger partial charge on any atom is -0.449 e. The van der Waals surface area contributed by atoms with Crippen molar-refractivity contribution >= 4 is 34.2 Å². The molecule has 1 atom stereocenters. The number of esters is 1. The van der Waals surface area contributed by atoms with E-state index in [1.165, 1.54) is 0 Å². The molecule has 0 radical (unpaired) electrons. The summed E-state index contributed by atoms with van der Waals surface area (Å²) in [6.45, 7) is 6.41. The fourth-order valence-electron chi connectivity index (χ4n) is 4.95. The first-order valence-electron chi connectivity index (χ1n) is 12.9. The van der Waals surface area contributed by atoms with E-state index in [1.54, 1.807) is 4.90 Å². The van der Waals surface area contributed by atoms with Crippen LogP contribution in [0.2, 0.25) is 0 Å². The van der Waals surface area contributed by atoms with Crippen LogP contribution in [-0.4, -0.2) is 41.0 Å². The minimum atomic E-state index is -0.943. The molecule has 1 unspecified atom stereocenters. The standard InChI is InChI=1S/C31H31N3O3/c1-3-28(30(35)34(22-13-7-5-8-14-22)23-15-9-6-10-16-23)37-31(36)29-24-17-11-12-18-26(24)32-27-19-20-33(4-2)21-25(27)29/h5-18,28H,3-4,19-21H2,1-2H3. The van der Waals surface area contributed by atoms with Gasteiger partial charge in [-0.15, -0.1) is 0 Å². The highest BCUT2D eigenvalue weighted by molar-refractivity contribution is 6.08. The van der Waals surface area contributed by atoms with E-state index < -0.39 is 12.1 Å². The van der Waals surface area contributed by atoms with E-state index in [0.29, 0.717) is 18.5 Å². The molecular weight excluding hydrogens is 462 g/mol. The van der Waals surface area contributed by atoms with Crippen molar-refractivity contribution in [2.75, 3.05) is 18.0 Å². The molecule has 3 aromatic carbocycles. The Morgan fingerprint density at radius 2 is 1.54 bits per heavy atom. The number of benzene rings is 3. The Morgan fingerprint density at radius 3 is 2.16 bits per heavy atom. The first kappa shape index (κ1) is 24.7. The Bertz CT molecular complexity index is 1370. The smallest absolute Gasteiger partial charge is 0.340 e. The van der Waals surface area contributed by atoms with E-state index in [4.69, 9.17) is 9.72 Å². The van der Waals surface area contributed by atoms with E-state index in [9.17, 15) is 9.59 Å². The van der Waals surface area contributed by atoms with Crippen molar-refractivity contribution in [3.05, 3.63) is 102 Å². The van der Waals surface area contributed by atoms with Gasteiger partial charge in [0.2, 0.25) is 0 Å². The van der Waals surface area contributed by atoms with Crippen molar-refractivity contribution in [3.8, 4) is 0 Å². The number of rotatable bonds is 7. The summed E-state index contributed by atoms with van der Waals surface area (Å²) in [6, 6.07) is 26.6. The summed E-state index contributed by atoms with van der Waals surface area (Å²) in [5, 5.41) is 0.759. The lowest BCUT2D eigenvalue weighted by atomic mass is 9.95. The molecule has 0 N–H and O–H groups in total. The van der Waals surface area contributed by atoms with E-state index in [2.05, 4.69) is 11.8 Å². The average molecular weight is 494 g/mol. The van der Waals surface area contributed by atoms with Crippen LogP contribution in [0.3, 0.4) is 0 Å². The zero-order valence-electron chi connectivity index (χ0n) is 21.3. The van der Waals surface area contributed by atoms with Gasteiger partial charge in [0.15, 0.2) is 6.10 Å². The van der Waals surface area contributed by atoms with Gasteiger partial charge >= 0.3 is 5.97 Å². The molecule has 6 nitrogen and oxygen atoms in total. The number of anilines is 2. The first-order chi connectivity index (χ1) is 18.1. The van der Waals surface area contributed by atoms with Crippen LogP contribution in [0, 0.1) is 0 Å². The number of ether oxygens (including phenoxy) is 1. The molecule has 1 aliphatic rings. The first-order valence-corrected chi connectivity index (χ1v) is 12.9. The predicted octanol–water partition coefficient (Wildman–Crippen LogP) is 5.91. The number of likely N-dealkylation sites (N-methyl/N-ethyl adjacent to an activating group) is 1. The van der Waals surface area contributed by atoms with Crippen molar-refractivity contribution in [3.63, 3.8) is 0 Å². The number of pyridine rings is 1. The third-order valence-electron chi connectivity index (χ3n) is 6.92. The molecule has 0 saturated carbocycles. The highest BCUT2D eigenvalue weighted by atomic mass is 16.5. The van der Waals surface area contributed by atoms with Crippen LogP contribution in [0.1, 0.15) is 41.9 Å². The number of nitrogens with zero attached hydrogens (tertiary/aromatic N) is 3. The highest BCUT2D eigenvalue weighted by Crippen LogP contribution is 2.31. The van der Waals surface area contributed by atoms with Crippen molar-refractivity contribution in [1.82, 2.24) is 9.88 Å². The number of hydrogen-bond donors (Lipinski definition) is 0. The summed E-state index contributed by atoms with van der Waals surface area (Å²) in [4.78, 5) is 36.6. The Kier molecular flexibility index (Phi) is 7.28. The van der Waals surface area contributed by atoms with E-state index in [1.807, 2.05) is 91.9 Å². The summed E-state index contributed by atoms with van der Waals surface area (Å²) in [5.74, 6) is -0.759. The maximum Gasteiger partial charge on any atom is 0.340 e. The Balaban J connectivity index is 1.52. The van der Waals surface area contributed by atoms with Crippen molar-refractivity contribution in [2.45, 2.75) is 39.3 Å². The van der Waals surface area contributed by atoms with E-state index in [-0.39, 0.29) is 5.91 Å². The van der Waals surface area contributed by atoms with Crippen LogP contribution in [0.4, 0.5) is 11.4 Å². The second-order valence-corrected chi connectivity index (χ2v) is 9.19. The molecule has 2 heterocycles. The minimum absolute atomic E-state index is 0.282. The monoisotopic (exact) mass is 493 g/mol. The zero-order valence-corrected chi connectivity index (χ0v) is 21.3. The Morgan fingerprint density at radius 1 is 0.919 bits per heavy atom. The second-order valence-electron chi connectivity index (χ2n) is 9.19. The highest BCUT2D eigenvalue weighted by Gasteiger charge is 2.32. The molecule has 0 spiro atoms. The molecule has 6 heteroatoms. The van der Waals surface area contributed by atoms with Crippen LogP contribution in [0.15, 0.2) is 84.9 Å². The fraction of sp³-hybridized carbons (Fsp3) is 0.258. The van der Waals surface area contributed by atoms with Gasteiger partial charge in [-0.2, -0.15) is 0 Å². The van der Waals surface area contributed by atoms with Gasteiger partial charge in [-0.1, -0.05) is 68.4 Å². The number of hydrogen-bond acceptors (Lipinski definition) is 5. The van der Waals surface area contributed by atoms with Crippen molar-refractivity contribution < 1.29 is 14.3 Å². The van der Waals surface area contributed by atoms with Gasteiger partial charge in [0.05, 0.1) is 11.1 Å². The molecule has 188 valence electrons. The summed E-state index contributed by atoms with van der Waals surface area (Å²) < 4.78 is 6.04. The molecule has 37 heavy (non-hydrogen) atoms. The molecule has 5 rings (SSSR count). The van der Waals surface area contributed by atoms with Crippen LogP contribution >= 0.6 is 0 Å². The van der Waals surface area contributed by atoms with Gasteiger partial charge in [-0.05, 0) is 43.3 Å². The lowest BCUT2D eigenvalue weighted by molar-refractivity contribution is -0.126. The maximum absolute atomic E-state index is 13.9. The molecule has 0 saturated heterocycles. The summed E-state index contributed by atoms with van der Waals surface area (Å²) in [6.07, 6.45) is 0.189. The van der Waals surface area contributed by atoms with Gasteiger partial charge in [-0.3, -0.25) is 19.6 Å². The fourth-order valence-corrected chi connectivity index (χ4v) is 4.95. The molecule has 1 aromatic heterocycles. The Hall–Kier alpha value is -4.03. The van der Waals surface area contributed by atoms with Gasteiger partial charge in [0, 0.05) is 47.5 Å². The van der Waals surface area contributed by atoms with Gasteiger partial charge in [0.1, 0.15) is 0 Å². The third kappa shape index (κ3) is 4.98. The number of amides is 1. The number of aromatic nitrogens is 1. The second kappa shape index (κ2) is 10.9. The molecule has 1 amide bonds. The molecule has 0 fully saturated rings.